The van der Waals surface area contributed by atoms with E-state index in [1.54, 1.807) is 23.3 Å². The number of piperidine rings is 1. The molecular formula is C23H28N6O. The largest absolute Gasteiger partial charge is 0.369 e. The maximum Gasteiger partial charge on any atom is 0.235 e. The number of imidazole rings is 1. The number of amides is 1. The molecule has 1 fully saturated rings. The Bertz CT molecular complexity index is 973. The van der Waals surface area contributed by atoms with Crippen molar-refractivity contribution in [1.29, 1.82) is 0 Å². The monoisotopic (exact) mass is 404 g/mol. The second-order valence-electron chi connectivity index (χ2n) is 7.92. The van der Waals surface area contributed by atoms with E-state index < -0.39 is 5.92 Å². The van der Waals surface area contributed by atoms with Gasteiger partial charge in [0.15, 0.2) is 0 Å². The number of aromatic nitrogens is 4. The predicted octanol–water partition coefficient (Wildman–Crippen LogP) is 2.64. The fourth-order valence-electron chi connectivity index (χ4n) is 4.35. The van der Waals surface area contributed by atoms with E-state index in [0.717, 1.165) is 44.5 Å². The molecule has 2 unspecified atom stereocenters. The van der Waals surface area contributed by atoms with Crippen LogP contribution in [0, 0.1) is 6.92 Å². The van der Waals surface area contributed by atoms with Crippen molar-refractivity contribution < 1.29 is 4.79 Å². The van der Waals surface area contributed by atoms with E-state index in [-0.39, 0.29) is 11.9 Å². The van der Waals surface area contributed by atoms with Crippen LogP contribution in [0.5, 0.6) is 0 Å². The highest BCUT2D eigenvalue weighted by molar-refractivity contribution is 5.82. The van der Waals surface area contributed by atoms with Crippen LogP contribution in [0.1, 0.15) is 42.1 Å². The van der Waals surface area contributed by atoms with Crippen LogP contribution in [0.4, 0.5) is 0 Å². The van der Waals surface area contributed by atoms with Gasteiger partial charge in [0, 0.05) is 30.7 Å². The number of aryl methyl sites for hydroxylation is 1. The summed E-state index contributed by atoms with van der Waals surface area (Å²) in [6, 6.07) is 12.4. The molecule has 0 radical (unpaired) electrons. The summed E-state index contributed by atoms with van der Waals surface area (Å²) in [5.74, 6) is -0.285. The van der Waals surface area contributed by atoms with E-state index in [0.29, 0.717) is 11.6 Å². The van der Waals surface area contributed by atoms with Crippen molar-refractivity contribution in [3.05, 3.63) is 72.1 Å². The Morgan fingerprint density at radius 2 is 2.07 bits per heavy atom. The lowest BCUT2D eigenvalue weighted by molar-refractivity contribution is -0.121. The fraction of sp³-hybridized carbons (Fsp3) is 0.391. The molecular weight excluding hydrogens is 376 g/mol. The number of nitrogens with zero attached hydrogens (tertiary/aromatic N) is 5. The number of hydrogen-bond donors (Lipinski definition) is 1. The van der Waals surface area contributed by atoms with Crippen molar-refractivity contribution >= 4 is 5.91 Å². The Morgan fingerprint density at radius 1 is 1.23 bits per heavy atom. The van der Waals surface area contributed by atoms with Gasteiger partial charge in [-0.2, -0.15) is 0 Å². The molecule has 0 bridgehead atoms. The number of likely N-dealkylation sites (tertiary alicyclic amines) is 1. The summed E-state index contributed by atoms with van der Waals surface area (Å²) in [4.78, 5) is 28.4. The van der Waals surface area contributed by atoms with E-state index >= 15 is 0 Å². The molecule has 1 amide bonds. The number of rotatable bonds is 7. The molecule has 2 N–H and O–H groups in total. The number of carbonyl (C=O) groups excluding carboxylic acids is 1. The summed E-state index contributed by atoms with van der Waals surface area (Å²) in [7, 11) is 0. The number of hydrogen-bond acceptors (Lipinski definition) is 5. The Labute approximate surface area is 177 Å². The molecule has 2 atom stereocenters. The maximum atomic E-state index is 12.6. The minimum absolute atomic E-state index is 0.0462. The number of primary amides is 1. The molecule has 2 aromatic heterocycles. The Morgan fingerprint density at radius 3 is 2.80 bits per heavy atom. The molecule has 0 spiro atoms. The molecule has 1 aliphatic rings. The highest BCUT2D eigenvalue weighted by Gasteiger charge is 2.35. The summed E-state index contributed by atoms with van der Waals surface area (Å²) in [6.45, 7) is 3.79. The zero-order chi connectivity index (χ0) is 20.9. The van der Waals surface area contributed by atoms with E-state index in [9.17, 15) is 4.79 Å². The molecule has 30 heavy (non-hydrogen) atoms. The quantitative estimate of drug-likeness (QED) is 0.654. The molecule has 1 aliphatic heterocycles. The lowest BCUT2D eigenvalue weighted by atomic mass is 9.86. The fourth-order valence-corrected chi connectivity index (χ4v) is 4.35. The molecule has 0 saturated carbocycles. The summed E-state index contributed by atoms with van der Waals surface area (Å²) in [5, 5.41) is 0. The first-order chi connectivity index (χ1) is 14.6. The van der Waals surface area contributed by atoms with Crippen molar-refractivity contribution in [2.75, 3.05) is 13.1 Å². The van der Waals surface area contributed by atoms with Crippen LogP contribution in [-0.4, -0.2) is 49.5 Å². The molecule has 7 nitrogen and oxygen atoms in total. The van der Waals surface area contributed by atoms with Gasteiger partial charge in [0.2, 0.25) is 11.9 Å². The normalized spacial score (nSPS) is 18.2. The van der Waals surface area contributed by atoms with Crippen LogP contribution < -0.4 is 5.73 Å². The van der Waals surface area contributed by atoms with Crippen LogP contribution in [0.25, 0.3) is 5.95 Å². The Hall–Kier alpha value is -3.06. The van der Waals surface area contributed by atoms with Crippen LogP contribution >= 0.6 is 0 Å². The van der Waals surface area contributed by atoms with Gasteiger partial charge in [-0.3, -0.25) is 14.3 Å². The van der Waals surface area contributed by atoms with Crippen LogP contribution in [0.3, 0.4) is 0 Å². The molecule has 3 heterocycles. The van der Waals surface area contributed by atoms with Crippen LogP contribution in [0.15, 0.2) is 55.1 Å². The summed E-state index contributed by atoms with van der Waals surface area (Å²) in [6.07, 6.45) is 9.25. The third-order valence-electron chi connectivity index (χ3n) is 5.80. The molecule has 156 valence electrons. The molecule has 1 saturated heterocycles. The molecule has 7 heteroatoms. The summed E-state index contributed by atoms with van der Waals surface area (Å²) < 4.78 is 1.75. The van der Waals surface area contributed by atoms with E-state index in [1.807, 2.05) is 19.1 Å². The first kappa shape index (κ1) is 20.2. The predicted molar refractivity (Wildman–Crippen MR) is 115 cm³/mol. The van der Waals surface area contributed by atoms with Crippen molar-refractivity contribution in [1.82, 2.24) is 24.4 Å². The van der Waals surface area contributed by atoms with Gasteiger partial charge in [-0.1, -0.05) is 36.8 Å². The van der Waals surface area contributed by atoms with Gasteiger partial charge >= 0.3 is 0 Å². The van der Waals surface area contributed by atoms with Crippen molar-refractivity contribution in [2.45, 2.75) is 44.6 Å². The van der Waals surface area contributed by atoms with Crippen LogP contribution in [-0.2, 0) is 11.2 Å². The molecule has 3 aromatic rings. The Kier molecular flexibility index (Phi) is 6.18. The van der Waals surface area contributed by atoms with Crippen molar-refractivity contribution in [2.24, 2.45) is 5.73 Å². The summed E-state index contributed by atoms with van der Waals surface area (Å²) in [5.41, 5.74) is 8.74. The average molecular weight is 405 g/mol. The van der Waals surface area contributed by atoms with Crippen molar-refractivity contribution in [3.8, 4) is 5.95 Å². The van der Waals surface area contributed by atoms with Crippen LogP contribution in [0.2, 0.25) is 0 Å². The summed E-state index contributed by atoms with van der Waals surface area (Å²) >= 11 is 0. The van der Waals surface area contributed by atoms with E-state index in [2.05, 4.69) is 39.1 Å². The second kappa shape index (κ2) is 9.17. The molecule has 1 aromatic carbocycles. The van der Waals surface area contributed by atoms with Gasteiger partial charge in [0.25, 0.3) is 0 Å². The maximum absolute atomic E-state index is 12.6. The Balaban J connectivity index is 1.61. The second-order valence-corrected chi connectivity index (χ2v) is 7.92. The minimum atomic E-state index is -0.468. The smallest absolute Gasteiger partial charge is 0.235 e. The third-order valence-corrected chi connectivity index (χ3v) is 5.80. The lowest BCUT2D eigenvalue weighted by Gasteiger charge is -2.39. The number of carbonyl (C=O) groups is 1. The minimum Gasteiger partial charge on any atom is -0.369 e. The average Bonchev–Trinajstić information content (AvgIpc) is 3.28. The van der Waals surface area contributed by atoms with Gasteiger partial charge in [0.05, 0.1) is 11.6 Å². The zero-order valence-electron chi connectivity index (χ0n) is 17.3. The standard InChI is InChI=1S/C23H28N6O/c1-17-15-19(27-23(26-17)29-14-11-25-16-29)21(22(24)30)20-9-5-6-12-28(20)13-10-18-7-3-2-4-8-18/h2-4,7-8,11,14-16,20-21H,5-6,9-10,12-13H2,1H3,(H2,24,30). The first-order valence-corrected chi connectivity index (χ1v) is 10.5. The van der Waals surface area contributed by atoms with Gasteiger partial charge in [-0.05, 0) is 44.4 Å². The number of benzene rings is 1. The SMILES string of the molecule is Cc1cc(C(C(N)=O)C2CCCCN2CCc2ccccc2)nc(-n2ccnc2)n1. The number of nitrogens with two attached hydrogens (primary N) is 1. The lowest BCUT2D eigenvalue weighted by Crippen LogP contribution is -2.48. The van der Waals surface area contributed by atoms with E-state index in [4.69, 9.17) is 10.7 Å². The van der Waals surface area contributed by atoms with Gasteiger partial charge in [0.1, 0.15) is 6.33 Å². The van der Waals surface area contributed by atoms with E-state index in [1.165, 1.54) is 5.56 Å². The van der Waals surface area contributed by atoms with Crippen molar-refractivity contribution in [3.63, 3.8) is 0 Å². The molecule has 0 aliphatic carbocycles. The van der Waals surface area contributed by atoms with Gasteiger partial charge in [-0.15, -0.1) is 0 Å². The topological polar surface area (TPSA) is 89.9 Å². The highest BCUT2D eigenvalue weighted by Crippen LogP contribution is 2.30. The highest BCUT2D eigenvalue weighted by atomic mass is 16.1. The van der Waals surface area contributed by atoms with Gasteiger partial charge < -0.3 is 5.73 Å². The van der Waals surface area contributed by atoms with Gasteiger partial charge in [-0.25, -0.2) is 15.0 Å². The molecule has 4 rings (SSSR count). The third kappa shape index (κ3) is 4.57. The zero-order valence-corrected chi connectivity index (χ0v) is 17.3. The first-order valence-electron chi connectivity index (χ1n) is 10.5.